The van der Waals surface area contributed by atoms with Gasteiger partial charge in [0.25, 0.3) is 5.91 Å². The van der Waals surface area contributed by atoms with Crippen molar-refractivity contribution in [3.8, 4) is 6.07 Å². The average molecular weight is 407 g/mol. The number of pyridine rings is 1. The summed E-state index contributed by atoms with van der Waals surface area (Å²) in [6.45, 7) is 0. The molecular weight excluding hydrogens is 386 g/mol. The third kappa shape index (κ3) is 4.21. The fourth-order valence-electron chi connectivity index (χ4n) is 3.29. The van der Waals surface area contributed by atoms with Crippen LogP contribution in [0.3, 0.4) is 0 Å². The van der Waals surface area contributed by atoms with Gasteiger partial charge in [-0.25, -0.2) is 4.99 Å². The average Bonchev–Trinajstić information content (AvgIpc) is 3.05. The van der Waals surface area contributed by atoms with E-state index < -0.39 is 0 Å². The Hall–Kier alpha value is -4.24. The summed E-state index contributed by atoms with van der Waals surface area (Å²) in [4.78, 5) is 25.2. The Balaban J connectivity index is 1.62. The minimum absolute atomic E-state index is 0.173. The van der Waals surface area contributed by atoms with Crippen molar-refractivity contribution in [2.75, 3.05) is 26.0 Å². The summed E-state index contributed by atoms with van der Waals surface area (Å²) in [5, 5.41) is 10.0. The molecule has 0 bridgehead atoms. The second-order valence-corrected chi connectivity index (χ2v) is 7.47. The van der Waals surface area contributed by atoms with Gasteiger partial charge in [-0.05, 0) is 53.6 Å². The number of carbonyl (C=O) groups is 1. The summed E-state index contributed by atoms with van der Waals surface area (Å²) >= 11 is 0. The first-order chi connectivity index (χ1) is 14.9. The van der Waals surface area contributed by atoms with E-state index >= 15 is 0 Å². The lowest BCUT2D eigenvalue weighted by Crippen LogP contribution is -2.26. The van der Waals surface area contributed by atoms with Crippen molar-refractivity contribution in [1.29, 1.82) is 5.26 Å². The number of aliphatic imine (C=N–C) groups is 1. The normalized spacial score (nSPS) is 15.0. The van der Waals surface area contributed by atoms with Crippen LogP contribution in [0.15, 0.2) is 71.5 Å². The predicted octanol–water partition coefficient (Wildman–Crippen LogP) is 4.10. The molecule has 6 nitrogen and oxygen atoms in total. The van der Waals surface area contributed by atoms with Crippen LogP contribution in [0.1, 0.15) is 16.7 Å². The maximum atomic E-state index is 12.7. The summed E-state index contributed by atoms with van der Waals surface area (Å²) in [7, 11) is 5.68. The fraction of sp³-hybridized carbons (Fsp3) is 0.120. The van der Waals surface area contributed by atoms with Crippen molar-refractivity contribution >= 4 is 40.5 Å². The van der Waals surface area contributed by atoms with Crippen molar-refractivity contribution in [3.63, 3.8) is 0 Å². The van der Waals surface area contributed by atoms with Crippen LogP contribution in [0.5, 0.6) is 0 Å². The molecule has 0 saturated heterocycles. The van der Waals surface area contributed by atoms with Crippen molar-refractivity contribution in [1.82, 2.24) is 9.88 Å². The van der Waals surface area contributed by atoms with Crippen molar-refractivity contribution in [3.05, 3.63) is 83.2 Å². The van der Waals surface area contributed by atoms with Gasteiger partial charge in [0, 0.05) is 38.4 Å². The van der Waals surface area contributed by atoms with E-state index in [1.165, 1.54) is 4.90 Å². The maximum Gasteiger partial charge on any atom is 0.277 e. The van der Waals surface area contributed by atoms with Crippen LogP contribution in [0.4, 0.5) is 5.69 Å². The molecule has 4 rings (SSSR count). The summed E-state index contributed by atoms with van der Waals surface area (Å²) in [6, 6.07) is 17.5. The second kappa shape index (κ2) is 8.25. The zero-order chi connectivity index (χ0) is 22.0. The molecule has 1 aliphatic heterocycles. The van der Waals surface area contributed by atoms with E-state index in [1.807, 2.05) is 61.5 Å². The number of anilines is 1. The standard InChI is InChI=1S/C25H21N5O/c1-29(2)21-9-8-20-12-19(16-27-22(20)14-21)13-23-25(31)30(3)24(28-23)10-7-17-5-4-6-18(11-17)15-26/h4-14,16H,1-3H3/b10-7+,23-13-. The van der Waals surface area contributed by atoms with Crippen LogP contribution in [-0.4, -0.2) is 42.8 Å². The van der Waals surface area contributed by atoms with Crippen molar-refractivity contribution in [2.45, 2.75) is 0 Å². The Morgan fingerprint density at radius 3 is 2.68 bits per heavy atom. The van der Waals surface area contributed by atoms with E-state index in [0.717, 1.165) is 27.7 Å². The molecular formula is C25H21N5O. The van der Waals surface area contributed by atoms with Gasteiger partial charge >= 0.3 is 0 Å². The van der Waals surface area contributed by atoms with Crippen LogP contribution in [-0.2, 0) is 4.79 Å². The van der Waals surface area contributed by atoms with Gasteiger partial charge < -0.3 is 4.90 Å². The Bertz CT molecular complexity index is 1310. The number of nitriles is 1. The molecule has 0 N–H and O–H groups in total. The number of hydrogen-bond acceptors (Lipinski definition) is 5. The van der Waals surface area contributed by atoms with Gasteiger partial charge in [0.2, 0.25) is 0 Å². The van der Waals surface area contributed by atoms with Gasteiger partial charge in [-0.2, -0.15) is 5.26 Å². The van der Waals surface area contributed by atoms with Gasteiger partial charge in [-0.1, -0.05) is 24.3 Å². The topological polar surface area (TPSA) is 72.6 Å². The van der Waals surface area contributed by atoms with Gasteiger partial charge in [0.15, 0.2) is 0 Å². The van der Waals surface area contributed by atoms with E-state index in [9.17, 15) is 4.79 Å². The number of amides is 1. The number of amidine groups is 1. The lowest BCUT2D eigenvalue weighted by Gasteiger charge is -2.12. The van der Waals surface area contributed by atoms with Crippen LogP contribution in [0.2, 0.25) is 0 Å². The SMILES string of the molecule is CN1C(=O)/C(=C/c2cnc3cc(N(C)C)ccc3c2)N=C1/C=C/c1cccc(C#N)c1. The molecule has 0 saturated carbocycles. The third-order valence-corrected chi connectivity index (χ3v) is 5.05. The number of carbonyl (C=O) groups excluding carboxylic acids is 1. The number of hydrogen-bond donors (Lipinski definition) is 0. The zero-order valence-corrected chi connectivity index (χ0v) is 17.6. The number of aromatic nitrogens is 1. The highest BCUT2D eigenvalue weighted by Gasteiger charge is 2.25. The maximum absolute atomic E-state index is 12.7. The minimum Gasteiger partial charge on any atom is -0.378 e. The molecule has 6 heteroatoms. The zero-order valence-electron chi connectivity index (χ0n) is 17.6. The molecule has 0 unspecified atom stereocenters. The molecule has 0 fully saturated rings. The van der Waals surface area contributed by atoms with E-state index in [0.29, 0.717) is 17.1 Å². The smallest absolute Gasteiger partial charge is 0.277 e. The van der Waals surface area contributed by atoms with Gasteiger partial charge in [-0.3, -0.25) is 14.7 Å². The molecule has 1 aromatic heterocycles. The van der Waals surface area contributed by atoms with Crippen LogP contribution in [0, 0.1) is 11.3 Å². The monoisotopic (exact) mass is 407 g/mol. The van der Waals surface area contributed by atoms with Crippen LogP contribution >= 0.6 is 0 Å². The van der Waals surface area contributed by atoms with Crippen LogP contribution in [0.25, 0.3) is 23.1 Å². The highest BCUT2D eigenvalue weighted by molar-refractivity contribution is 6.18. The van der Waals surface area contributed by atoms with E-state index in [1.54, 1.807) is 37.5 Å². The first kappa shape index (κ1) is 20.0. The largest absolute Gasteiger partial charge is 0.378 e. The highest BCUT2D eigenvalue weighted by atomic mass is 16.2. The molecule has 2 aromatic carbocycles. The quantitative estimate of drug-likeness (QED) is 0.611. The summed E-state index contributed by atoms with van der Waals surface area (Å²) in [5.74, 6) is 0.372. The number of likely N-dealkylation sites (N-methyl/N-ethyl adjacent to an activating group) is 1. The third-order valence-electron chi connectivity index (χ3n) is 5.05. The highest BCUT2D eigenvalue weighted by Crippen LogP contribution is 2.23. The first-order valence-corrected chi connectivity index (χ1v) is 9.78. The fourth-order valence-corrected chi connectivity index (χ4v) is 3.29. The molecule has 3 aromatic rings. The second-order valence-electron chi connectivity index (χ2n) is 7.47. The molecule has 1 amide bonds. The van der Waals surface area contributed by atoms with Gasteiger partial charge in [0.1, 0.15) is 11.5 Å². The molecule has 0 radical (unpaired) electrons. The predicted molar refractivity (Wildman–Crippen MR) is 124 cm³/mol. The van der Waals surface area contributed by atoms with Crippen molar-refractivity contribution < 1.29 is 4.79 Å². The molecule has 0 atom stereocenters. The lowest BCUT2D eigenvalue weighted by atomic mass is 10.1. The Labute approximate surface area is 181 Å². The molecule has 2 heterocycles. The minimum atomic E-state index is -0.173. The molecule has 152 valence electrons. The summed E-state index contributed by atoms with van der Waals surface area (Å²) in [6.07, 6.45) is 7.12. The van der Waals surface area contributed by atoms with Gasteiger partial charge in [0.05, 0.1) is 17.1 Å². The van der Waals surface area contributed by atoms with Gasteiger partial charge in [-0.15, -0.1) is 0 Å². The summed E-state index contributed by atoms with van der Waals surface area (Å²) in [5.41, 5.74) is 4.62. The Morgan fingerprint density at radius 1 is 1.06 bits per heavy atom. The number of fused-ring (bicyclic) bond motifs is 1. The number of benzene rings is 2. The Kier molecular flexibility index (Phi) is 5.33. The van der Waals surface area contributed by atoms with Crippen LogP contribution < -0.4 is 4.90 Å². The number of nitrogens with zero attached hydrogens (tertiary/aromatic N) is 5. The first-order valence-electron chi connectivity index (χ1n) is 9.78. The summed E-state index contributed by atoms with van der Waals surface area (Å²) < 4.78 is 0. The molecule has 31 heavy (non-hydrogen) atoms. The van der Waals surface area contributed by atoms with E-state index in [4.69, 9.17) is 5.26 Å². The molecule has 0 spiro atoms. The van der Waals surface area contributed by atoms with Crippen molar-refractivity contribution in [2.24, 2.45) is 4.99 Å². The van der Waals surface area contributed by atoms with E-state index in [2.05, 4.69) is 16.0 Å². The Morgan fingerprint density at radius 2 is 1.90 bits per heavy atom. The molecule has 1 aliphatic rings. The van der Waals surface area contributed by atoms with E-state index in [-0.39, 0.29) is 5.91 Å². The lowest BCUT2D eigenvalue weighted by molar-refractivity contribution is -0.121. The number of rotatable bonds is 4. The molecule has 0 aliphatic carbocycles.